The van der Waals surface area contributed by atoms with Crippen molar-refractivity contribution in [3.8, 4) is 0 Å². The van der Waals surface area contributed by atoms with Crippen molar-refractivity contribution in [3.05, 3.63) is 44.7 Å². The molecule has 2 rings (SSSR count). The molecule has 1 amide bonds. The number of hydrogen-bond acceptors (Lipinski definition) is 3. The summed E-state index contributed by atoms with van der Waals surface area (Å²) in [6, 6.07) is 3.05. The maximum Gasteiger partial charge on any atom is 0.238 e. The van der Waals surface area contributed by atoms with Crippen LogP contribution in [0.25, 0.3) is 0 Å². The lowest BCUT2D eigenvalue weighted by molar-refractivity contribution is -0.117. The molecule has 0 saturated carbocycles. The fraction of sp³-hybridized carbons (Fsp3) is 0.375. The highest BCUT2D eigenvalue weighted by Gasteiger charge is 2.13. The molecule has 0 unspecified atom stereocenters. The van der Waals surface area contributed by atoms with Gasteiger partial charge in [0.1, 0.15) is 0 Å². The molecule has 0 radical (unpaired) electrons. The van der Waals surface area contributed by atoms with E-state index in [1.807, 2.05) is 36.7 Å². The first kappa shape index (κ1) is 19.1. The molecule has 1 aromatic carbocycles. The Bertz CT molecular complexity index is 745. The van der Waals surface area contributed by atoms with Crippen LogP contribution >= 0.6 is 34.8 Å². The molecule has 2 aromatic rings. The van der Waals surface area contributed by atoms with Gasteiger partial charge in [0, 0.05) is 24.3 Å². The highest BCUT2D eigenvalue weighted by Crippen LogP contribution is 2.32. The first-order chi connectivity index (χ1) is 11.3. The Kier molecular flexibility index (Phi) is 6.52. The first-order valence-electron chi connectivity index (χ1n) is 7.46. The minimum absolute atomic E-state index is 0.182. The van der Waals surface area contributed by atoms with E-state index in [-0.39, 0.29) is 12.5 Å². The molecule has 0 aliphatic rings. The van der Waals surface area contributed by atoms with Gasteiger partial charge in [-0.2, -0.15) is 5.10 Å². The molecule has 1 aromatic heterocycles. The summed E-state index contributed by atoms with van der Waals surface area (Å²) in [5.41, 5.74) is 2.65. The SMILES string of the molecule is CCn1ncc(CN(C)CC(=O)Nc2cc(Cl)c(Cl)cc2Cl)c1C. The quantitative estimate of drug-likeness (QED) is 0.752. The van der Waals surface area contributed by atoms with Gasteiger partial charge in [0.25, 0.3) is 0 Å². The molecule has 0 fully saturated rings. The summed E-state index contributed by atoms with van der Waals surface area (Å²) in [4.78, 5) is 14.1. The van der Waals surface area contributed by atoms with Gasteiger partial charge in [0.2, 0.25) is 5.91 Å². The molecule has 0 bridgehead atoms. The number of nitrogens with zero attached hydrogens (tertiary/aromatic N) is 3. The van der Waals surface area contributed by atoms with Crippen molar-refractivity contribution >= 4 is 46.4 Å². The van der Waals surface area contributed by atoms with Crippen molar-refractivity contribution < 1.29 is 4.79 Å². The molecule has 130 valence electrons. The normalized spacial score (nSPS) is 11.1. The van der Waals surface area contributed by atoms with Crippen LogP contribution in [0.15, 0.2) is 18.3 Å². The maximum absolute atomic E-state index is 12.2. The third-order valence-corrected chi connectivity index (χ3v) is 4.68. The predicted octanol–water partition coefficient (Wildman–Crippen LogP) is 4.24. The zero-order valence-corrected chi connectivity index (χ0v) is 16.0. The number of benzene rings is 1. The van der Waals surface area contributed by atoms with Crippen LogP contribution in [0.3, 0.4) is 0 Å². The van der Waals surface area contributed by atoms with Crippen molar-refractivity contribution in [1.82, 2.24) is 14.7 Å². The van der Waals surface area contributed by atoms with E-state index in [2.05, 4.69) is 10.4 Å². The number of rotatable bonds is 6. The number of anilines is 1. The summed E-state index contributed by atoms with van der Waals surface area (Å²) in [5.74, 6) is -0.182. The van der Waals surface area contributed by atoms with Crippen LogP contribution in [0.2, 0.25) is 15.1 Å². The number of halogens is 3. The summed E-state index contributed by atoms with van der Waals surface area (Å²) in [6.45, 7) is 5.74. The van der Waals surface area contributed by atoms with Crippen LogP contribution in [0, 0.1) is 6.92 Å². The van der Waals surface area contributed by atoms with Gasteiger partial charge >= 0.3 is 0 Å². The van der Waals surface area contributed by atoms with Gasteiger partial charge in [0.15, 0.2) is 0 Å². The Balaban J connectivity index is 1.96. The number of carbonyl (C=O) groups is 1. The van der Waals surface area contributed by atoms with Crippen molar-refractivity contribution in [2.24, 2.45) is 0 Å². The molecule has 8 heteroatoms. The molecular formula is C16H19Cl3N4O. The van der Waals surface area contributed by atoms with Gasteiger partial charge in [0.05, 0.1) is 33.5 Å². The number of hydrogen-bond donors (Lipinski definition) is 1. The molecule has 1 heterocycles. The van der Waals surface area contributed by atoms with Crippen LogP contribution in [0.4, 0.5) is 5.69 Å². The zero-order chi connectivity index (χ0) is 17.9. The van der Waals surface area contributed by atoms with E-state index in [1.54, 1.807) is 6.07 Å². The molecule has 0 spiro atoms. The van der Waals surface area contributed by atoms with E-state index in [9.17, 15) is 4.79 Å². The summed E-state index contributed by atoms with van der Waals surface area (Å²) in [7, 11) is 1.87. The third-order valence-electron chi connectivity index (χ3n) is 3.64. The summed E-state index contributed by atoms with van der Waals surface area (Å²) < 4.78 is 1.93. The van der Waals surface area contributed by atoms with Crippen molar-refractivity contribution in [3.63, 3.8) is 0 Å². The van der Waals surface area contributed by atoms with Crippen LogP contribution in [-0.4, -0.2) is 34.2 Å². The molecule has 5 nitrogen and oxygen atoms in total. The van der Waals surface area contributed by atoms with Gasteiger partial charge in [-0.15, -0.1) is 0 Å². The number of carbonyl (C=O) groups excluding carboxylic acids is 1. The van der Waals surface area contributed by atoms with Crippen LogP contribution < -0.4 is 5.32 Å². The van der Waals surface area contributed by atoms with Crippen LogP contribution in [0.5, 0.6) is 0 Å². The number of nitrogens with one attached hydrogen (secondary N) is 1. The molecule has 0 aliphatic carbocycles. The molecule has 0 aliphatic heterocycles. The van der Waals surface area contributed by atoms with Crippen molar-refractivity contribution in [2.45, 2.75) is 26.9 Å². The number of aryl methyl sites for hydroxylation is 1. The molecular weight excluding hydrogens is 371 g/mol. The van der Waals surface area contributed by atoms with Gasteiger partial charge in [-0.25, -0.2) is 0 Å². The number of aromatic nitrogens is 2. The maximum atomic E-state index is 12.2. The Hall–Kier alpha value is -1.27. The smallest absolute Gasteiger partial charge is 0.238 e. The van der Waals surface area contributed by atoms with E-state index >= 15 is 0 Å². The number of amides is 1. The van der Waals surface area contributed by atoms with E-state index in [4.69, 9.17) is 34.8 Å². The topological polar surface area (TPSA) is 50.2 Å². The predicted molar refractivity (Wildman–Crippen MR) is 99.1 cm³/mol. The minimum Gasteiger partial charge on any atom is -0.324 e. The lowest BCUT2D eigenvalue weighted by Gasteiger charge is -2.16. The summed E-state index contributed by atoms with van der Waals surface area (Å²) in [5, 5.41) is 8.09. The second-order valence-electron chi connectivity index (χ2n) is 5.54. The van der Waals surface area contributed by atoms with E-state index in [0.717, 1.165) is 17.8 Å². The lowest BCUT2D eigenvalue weighted by Crippen LogP contribution is -2.30. The lowest BCUT2D eigenvalue weighted by atomic mass is 10.2. The number of likely N-dealkylation sites (N-methyl/N-ethyl adjacent to an activating group) is 1. The monoisotopic (exact) mass is 388 g/mol. The average Bonchev–Trinajstić information content (AvgIpc) is 2.85. The van der Waals surface area contributed by atoms with Crippen molar-refractivity contribution in [1.29, 1.82) is 0 Å². The van der Waals surface area contributed by atoms with E-state index in [1.165, 1.54) is 6.07 Å². The van der Waals surface area contributed by atoms with Crippen LogP contribution in [0.1, 0.15) is 18.2 Å². The standard InChI is InChI=1S/C16H19Cl3N4O/c1-4-23-10(2)11(7-20-23)8-22(3)9-16(24)21-15-6-13(18)12(17)5-14(15)19/h5-7H,4,8-9H2,1-3H3,(H,21,24). The Morgan fingerprint density at radius 2 is 1.92 bits per heavy atom. The third kappa shape index (κ3) is 4.63. The zero-order valence-electron chi connectivity index (χ0n) is 13.7. The van der Waals surface area contributed by atoms with Crippen molar-refractivity contribution in [2.75, 3.05) is 18.9 Å². The molecule has 0 atom stereocenters. The van der Waals surface area contributed by atoms with E-state index < -0.39 is 0 Å². The first-order valence-corrected chi connectivity index (χ1v) is 8.59. The van der Waals surface area contributed by atoms with Crippen LogP contribution in [-0.2, 0) is 17.9 Å². The highest BCUT2D eigenvalue weighted by molar-refractivity contribution is 6.44. The van der Waals surface area contributed by atoms with Gasteiger partial charge in [-0.3, -0.25) is 14.4 Å². The minimum atomic E-state index is -0.182. The molecule has 1 N–H and O–H groups in total. The fourth-order valence-corrected chi connectivity index (χ4v) is 2.95. The molecule has 0 saturated heterocycles. The summed E-state index contributed by atoms with van der Waals surface area (Å²) >= 11 is 17.9. The highest BCUT2D eigenvalue weighted by atomic mass is 35.5. The van der Waals surface area contributed by atoms with Gasteiger partial charge < -0.3 is 5.32 Å². The fourth-order valence-electron chi connectivity index (χ4n) is 2.36. The van der Waals surface area contributed by atoms with E-state index in [0.29, 0.717) is 27.3 Å². The van der Waals surface area contributed by atoms with Gasteiger partial charge in [-0.1, -0.05) is 34.8 Å². The largest absolute Gasteiger partial charge is 0.324 e. The second-order valence-corrected chi connectivity index (χ2v) is 6.76. The average molecular weight is 390 g/mol. The van der Waals surface area contributed by atoms with Gasteiger partial charge in [-0.05, 0) is 33.0 Å². The second kappa shape index (κ2) is 8.21. The molecule has 24 heavy (non-hydrogen) atoms. The Morgan fingerprint density at radius 3 is 2.54 bits per heavy atom. The Morgan fingerprint density at radius 1 is 1.25 bits per heavy atom. The summed E-state index contributed by atoms with van der Waals surface area (Å²) in [6.07, 6.45) is 1.84. The Labute approximate surface area is 156 Å².